The van der Waals surface area contributed by atoms with Gasteiger partial charge in [0.2, 0.25) is 0 Å². The van der Waals surface area contributed by atoms with E-state index in [4.69, 9.17) is 10.8 Å². The van der Waals surface area contributed by atoms with Crippen molar-refractivity contribution in [1.82, 2.24) is 0 Å². The first-order valence-electron chi connectivity index (χ1n) is 5.73. The maximum atomic E-state index is 10.7. The minimum Gasteiger partial charge on any atom is -0.481 e. The number of benzene rings is 1. The average Bonchev–Trinajstić information content (AvgIpc) is 2.27. The summed E-state index contributed by atoms with van der Waals surface area (Å²) < 4.78 is 0. The predicted molar refractivity (Wildman–Crippen MR) is 69.3 cm³/mol. The molecular formula is C13H20N2O2. The molecule has 1 atom stereocenters. The molecule has 4 nitrogen and oxygen atoms in total. The van der Waals surface area contributed by atoms with Crippen LogP contribution in [0.1, 0.15) is 30.5 Å². The van der Waals surface area contributed by atoms with Crippen LogP contribution in [0.5, 0.6) is 0 Å². The number of hydrogen-bond acceptors (Lipinski definition) is 3. The van der Waals surface area contributed by atoms with Crippen LogP contribution in [-0.4, -0.2) is 25.2 Å². The van der Waals surface area contributed by atoms with Crippen LogP contribution in [0.4, 0.5) is 5.69 Å². The zero-order valence-corrected chi connectivity index (χ0v) is 10.6. The Hall–Kier alpha value is -1.55. The molecule has 0 saturated carbocycles. The number of aliphatic carboxylic acids is 1. The Morgan fingerprint density at radius 1 is 1.47 bits per heavy atom. The van der Waals surface area contributed by atoms with Crippen molar-refractivity contribution >= 4 is 11.7 Å². The summed E-state index contributed by atoms with van der Waals surface area (Å²) in [5.74, 6) is -0.871. The molecule has 0 aliphatic heterocycles. The minimum atomic E-state index is -0.871. The van der Waals surface area contributed by atoms with Gasteiger partial charge in [-0.05, 0) is 23.6 Å². The number of carbonyl (C=O) groups is 1. The Labute approximate surface area is 102 Å². The van der Waals surface area contributed by atoms with Crippen molar-refractivity contribution in [3.05, 3.63) is 29.3 Å². The molecule has 0 heterocycles. The third kappa shape index (κ3) is 3.46. The molecule has 0 amide bonds. The molecule has 0 aromatic heterocycles. The number of hydrogen-bond donors (Lipinski definition) is 2. The SMILES string of the molecule is CCc1ccc(N(C)C)c(C(N)CC(=O)O)c1. The molecule has 0 spiro atoms. The van der Waals surface area contributed by atoms with Gasteiger partial charge in [0.15, 0.2) is 0 Å². The normalized spacial score (nSPS) is 12.2. The van der Waals surface area contributed by atoms with Gasteiger partial charge in [0.1, 0.15) is 0 Å². The molecule has 1 rings (SSSR count). The fraction of sp³-hybridized carbons (Fsp3) is 0.462. The monoisotopic (exact) mass is 236 g/mol. The van der Waals surface area contributed by atoms with Gasteiger partial charge >= 0.3 is 5.97 Å². The number of carboxylic acids is 1. The molecule has 0 radical (unpaired) electrons. The average molecular weight is 236 g/mol. The topological polar surface area (TPSA) is 66.6 Å². The highest BCUT2D eigenvalue weighted by Gasteiger charge is 2.16. The predicted octanol–water partition coefficient (Wildman–Crippen LogP) is 1.79. The summed E-state index contributed by atoms with van der Waals surface area (Å²) in [7, 11) is 3.86. The van der Waals surface area contributed by atoms with E-state index in [1.165, 1.54) is 5.56 Å². The zero-order chi connectivity index (χ0) is 13.0. The van der Waals surface area contributed by atoms with Crippen molar-refractivity contribution in [2.75, 3.05) is 19.0 Å². The Kier molecular flexibility index (Phi) is 4.52. The zero-order valence-electron chi connectivity index (χ0n) is 10.6. The third-order valence-electron chi connectivity index (χ3n) is 2.78. The molecular weight excluding hydrogens is 216 g/mol. The van der Waals surface area contributed by atoms with Gasteiger partial charge in [-0.1, -0.05) is 19.1 Å². The first-order valence-corrected chi connectivity index (χ1v) is 5.73. The van der Waals surface area contributed by atoms with E-state index in [-0.39, 0.29) is 6.42 Å². The Balaban J connectivity index is 3.12. The highest BCUT2D eigenvalue weighted by molar-refractivity contribution is 5.69. The molecule has 0 fully saturated rings. The number of anilines is 1. The summed E-state index contributed by atoms with van der Waals surface area (Å²) in [4.78, 5) is 12.7. The lowest BCUT2D eigenvalue weighted by Crippen LogP contribution is -2.20. The Bertz CT molecular complexity index is 402. The third-order valence-corrected chi connectivity index (χ3v) is 2.78. The van der Waals surface area contributed by atoms with Gasteiger partial charge in [0, 0.05) is 25.8 Å². The van der Waals surface area contributed by atoms with Crippen molar-refractivity contribution in [3.63, 3.8) is 0 Å². The summed E-state index contributed by atoms with van der Waals surface area (Å²) >= 11 is 0. The number of nitrogens with zero attached hydrogens (tertiary/aromatic N) is 1. The van der Waals surface area contributed by atoms with Gasteiger partial charge in [0.25, 0.3) is 0 Å². The van der Waals surface area contributed by atoms with Crippen LogP contribution in [0.25, 0.3) is 0 Å². The van der Waals surface area contributed by atoms with Crippen LogP contribution >= 0.6 is 0 Å². The second-order valence-electron chi connectivity index (χ2n) is 4.35. The van der Waals surface area contributed by atoms with Gasteiger partial charge < -0.3 is 15.7 Å². The molecule has 1 aromatic rings. The highest BCUT2D eigenvalue weighted by Crippen LogP contribution is 2.27. The van der Waals surface area contributed by atoms with Crippen LogP contribution in [0.15, 0.2) is 18.2 Å². The Morgan fingerprint density at radius 2 is 2.12 bits per heavy atom. The summed E-state index contributed by atoms with van der Waals surface area (Å²) in [6.45, 7) is 2.07. The minimum absolute atomic E-state index is 0.0476. The molecule has 1 unspecified atom stereocenters. The van der Waals surface area contributed by atoms with E-state index in [0.717, 1.165) is 17.7 Å². The van der Waals surface area contributed by atoms with Crippen molar-refractivity contribution in [1.29, 1.82) is 0 Å². The quantitative estimate of drug-likeness (QED) is 0.818. The largest absolute Gasteiger partial charge is 0.481 e. The lowest BCUT2D eigenvalue weighted by molar-refractivity contribution is -0.137. The summed E-state index contributed by atoms with van der Waals surface area (Å²) in [5.41, 5.74) is 9.01. The van der Waals surface area contributed by atoms with Crippen LogP contribution in [0, 0.1) is 0 Å². The van der Waals surface area contributed by atoms with Gasteiger partial charge in [-0.15, -0.1) is 0 Å². The summed E-state index contributed by atoms with van der Waals surface area (Å²) in [6.07, 6.45) is 0.870. The molecule has 17 heavy (non-hydrogen) atoms. The molecule has 4 heteroatoms. The number of nitrogens with two attached hydrogens (primary N) is 1. The summed E-state index contributed by atoms with van der Waals surface area (Å²) in [5, 5.41) is 8.81. The fourth-order valence-electron chi connectivity index (χ4n) is 1.83. The van der Waals surface area contributed by atoms with E-state index >= 15 is 0 Å². The maximum absolute atomic E-state index is 10.7. The van der Waals surface area contributed by atoms with Gasteiger partial charge in [-0.25, -0.2) is 0 Å². The molecule has 0 saturated heterocycles. The Morgan fingerprint density at radius 3 is 2.59 bits per heavy atom. The fourth-order valence-corrected chi connectivity index (χ4v) is 1.83. The van der Waals surface area contributed by atoms with E-state index in [0.29, 0.717) is 0 Å². The lowest BCUT2D eigenvalue weighted by Gasteiger charge is -2.21. The van der Waals surface area contributed by atoms with E-state index < -0.39 is 12.0 Å². The van der Waals surface area contributed by atoms with Crippen LogP contribution in [-0.2, 0) is 11.2 Å². The van der Waals surface area contributed by atoms with E-state index in [1.807, 2.05) is 37.2 Å². The van der Waals surface area contributed by atoms with Crippen molar-refractivity contribution < 1.29 is 9.90 Å². The van der Waals surface area contributed by atoms with E-state index in [1.54, 1.807) is 0 Å². The highest BCUT2D eigenvalue weighted by atomic mass is 16.4. The molecule has 3 N–H and O–H groups in total. The number of aryl methyl sites for hydroxylation is 1. The first kappa shape index (κ1) is 13.5. The van der Waals surface area contributed by atoms with Gasteiger partial charge in [-0.2, -0.15) is 0 Å². The standard InChI is InChI=1S/C13H20N2O2/c1-4-9-5-6-12(15(2)3)10(7-9)11(14)8-13(16)17/h5-7,11H,4,8,14H2,1-3H3,(H,16,17). The van der Waals surface area contributed by atoms with Gasteiger partial charge in [0.05, 0.1) is 6.42 Å². The number of rotatable bonds is 5. The second-order valence-corrected chi connectivity index (χ2v) is 4.35. The first-order chi connectivity index (χ1) is 7.95. The van der Waals surface area contributed by atoms with Crippen molar-refractivity contribution in [2.24, 2.45) is 5.73 Å². The second kappa shape index (κ2) is 5.68. The summed E-state index contributed by atoms with van der Waals surface area (Å²) in [6, 6.07) is 5.59. The number of carboxylic acid groups (broad SMARTS) is 1. The molecule has 0 aliphatic carbocycles. The molecule has 0 bridgehead atoms. The maximum Gasteiger partial charge on any atom is 0.305 e. The molecule has 1 aromatic carbocycles. The van der Waals surface area contributed by atoms with Crippen LogP contribution in [0.3, 0.4) is 0 Å². The van der Waals surface area contributed by atoms with E-state index in [9.17, 15) is 4.79 Å². The van der Waals surface area contributed by atoms with Crippen molar-refractivity contribution in [2.45, 2.75) is 25.8 Å². The molecule has 0 aliphatic rings. The molecule has 94 valence electrons. The van der Waals surface area contributed by atoms with E-state index in [2.05, 4.69) is 6.92 Å². The van der Waals surface area contributed by atoms with Crippen LogP contribution < -0.4 is 10.6 Å². The lowest BCUT2D eigenvalue weighted by atomic mass is 9.98. The smallest absolute Gasteiger partial charge is 0.305 e. The van der Waals surface area contributed by atoms with Crippen molar-refractivity contribution in [3.8, 4) is 0 Å². The van der Waals surface area contributed by atoms with Crippen LogP contribution in [0.2, 0.25) is 0 Å². The van der Waals surface area contributed by atoms with Gasteiger partial charge in [-0.3, -0.25) is 4.79 Å².